The number of aryl methyl sites for hydroxylation is 1. The molecule has 0 amide bonds. The van der Waals surface area contributed by atoms with Crippen molar-refractivity contribution >= 4 is 33.8 Å². The first-order valence-electron chi connectivity index (χ1n) is 14.7. The first-order chi connectivity index (χ1) is 21.8. The number of carbonyl (C=O) groups is 2. The highest BCUT2D eigenvalue weighted by Gasteiger charge is 2.58. The number of nitrogens with zero attached hydrogens (tertiary/aromatic N) is 1. The van der Waals surface area contributed by atoms with Crippen LogP contribution in [0.2, 0.25) is 0 Å². The lowest BCUT2D eigenvalue weighted by molar-refractivity contribution is -0.163. The van der Waals surface area contributed by atoms with Crippen LogP contribution in [0.3, 0.4) is 0 Å². The van der Waals surface area contributed by atoms with Crippen molar-refractivity contribution in [1.29, 1.82) is 0 Å². The minimum atomic E-state index is -4.05. The Morgan fingerprint density at radius 1 is 1.13 bits per heavy atom. The number of cyclic esters (lactones) is 1. The van der Waals surface area contributed by atoms with Crippen molar-refractivity contribution in [2.75, 3.05) is 32.5 Å². The normalized spacial score (nSPS) is 29.7. The molecule has 16 heteroatoms. The summed E-state index contributed by atoms with van der Waals surface area (Å²) in [6.07, 6.45) is -1.32. The zero-order valence-electron chi connectivity index (χ0n) is 25.7. The standard InChI is InChI=1S/C30H34N2O12S2/c1-11-6-14-7-15-29(35)32-16-8-40-30(36)17(44-46(5,37)38)9-45-28(22(32)21(31-15)18(14)23(34)24(11)39-4)20-19(16)27-26(41-10-42-27)12(2)25(20)43-13(3)33/h6,15-17,21-22,28-29,31,34-35H,7-10H2,1-5H3/t15-,16+,17+,21+,22?,28-,29+/m1/s1. The Labute approximate surface area is 269 Å². The maximum absolute atomic E-state index is 13.3. The van der Waals surface area contributed by atoms with Gasteiger partial charge in [-0.2, -0.15) is 8.42 Å². The van der Waals surface area contributed by atoms with Gasteiger partial charge in [-0.25, -0.2) is 4.79 Å². The third-order valence-corrected chi connectivity index (χ3v) is 11.2. The predicted molar refractivity (Wildman–Crippen MR) is 162 cm³/mol. The van der Waals surface area contributed by atoms with Crippen molar-refractivity contribution in [2.45, 2.75) is 68.9 Å². The average Bonchev–Trinajstić information content (AvgIpc) is 3.47. The molecular weight excluding hydrogens is 644 g/mol. The van der Waals surface area contributed by atoms with Crippen molar-refractivity contribution in [3.63, 3.8) is 0 Å². The molecule has 0 spiro atoms. The summed E-state index contributed by atoms with van der Waals surface area (Å²) < 4.78 is 58.5. The van der Waals surface area contributed by atoms with Crippen LogP contribution in [0.5, 0.6) is 28.7 Å². The van der Waals surface area contributed by atoms with Gasteiger partial charge in [0, 0.05) is 41.0 Å². The fourth-order valence-electron chi connectivity index (χ4n) is 7.65. The summed E-state index contributed by atoms with van der Waals surface area (Å²) in [6.45, 7) is 4.45. The summed E-state index contributed by atoms with van der Waals surface area (Å²) in [6, 6.07) is -0.641. The molecule has 0 aliphatic carbocycles. The maximum atomic E-state index is 13.3. The number of aliphatic hydroxyl groups excluding tert-OH is 1. The second-order valence-electron chi connectivity index (χ2n) is 12.1. The molecule has 4 bridgehead atoms. The van der Waals surface area contributed by atoms with E-state index in [1.54, 1.807) is 6.92 Å². The number of fused-ring (bicyclic) bond motifs is 9. The second kappa shape index (κ2) is 11.2. The topological polar surface area (TPSA) is 179 Å². The molecule has 1 unspecified atom stereocenters. The summed E-state index contributed by atoms with van der Waals surface area (Å²) >= 11 is 1.19. The maximum Gasteiger partial charge on any atom is 0.337 e. The number of benzene rings is 2. The van der Waals surface area contributed by atoms with Crippen molar-refractivity contribution in [3.8, 4) is 28.7 Å². The zero-order valence-corrected chi connectivity index (χ0v) is 27.3. The van der Waals surface area contributed by atoms with Crippen LogP contribution in [0.4, 0.5) is 0 Å². The van der Waals surface area contributed by atoms with Gasteiger partial charge in [-0.1, -0.05) is 6.07 Å². The third-order valence-electron chi connectivity index (χ3n) is 9.24. The minimum absolute atomic E-state index is 0.0326. The molecule has 7 atom stereocenters. The molecule has 5 aliphatic rings. The molecule has 7 rings (SSSR count). The van der Waals surface area contributed by atoms with Crippen LogP contribution in [0, 0.1) is 13.8 Å². The first-order valence-corrected chi connectivity index (χ1v) is 17.6. The highest BCUT2D eigenvalue weighted by Crippen LogP contribution is 2.62. The van der Waals surface area contributed by atoms with Crippen LogP contribution in [0.25, 0.3) is 0 Å². The molecule has 5 heterocycles. The molecule has 248 valence electrons. The molecule has 14 nitrogen and oxygen atoms in total. The Balaban J connectivity index is 1.50. The van der Waals surface area contributed by atoms with Crippen molar-refractivity contribution in [3.05, 3.63) is 39.4 Å². The average molecular weight is 679 g/mol. The van der Waals surface area contributed by atoms with Gasteiger partial charge < -0.3 is 39.2 Å². The number of thioether (sulfide) groups is 1. The molecule has 3 N–H and O–H groups in total. The van der Waals surface area contributed by atoms with Gasteiger partial charge in [-0.3, -0.25) is 13.9 Å². The van der Waals surface area contributed by atoms with Crippen molar-refractivity contribution in [1.82, 2.24) is 10.2 Å². The molecule has 2 fully saturated rings. The number of rotatable bonds is 4. The van der Waals surface area contributed by atoms with E-state index in [1.807, 2.05) is 17.9 Å². The van der Waals surface area contributed by atoms with E-state index >= 15 is 0 Å². The largest absolute Gasteiger partial charge is 0.504 e. The number of methoxy groups -OCH3 is 1. The third kappa shape index (κ3) is 4.80. The number of nitrogens with one attached hydrogen (secondary N) is 1. The molecule has 2 aromatic rings. The molecular formula is C30H34N2O12S2. The number of ether oxygens (including phenoxy) is 5. The number of esters is 2. The molecule has 46 heavy (non-hydrogen) atoms. The van der Waals surface area contributed by atoms with Gasteiger partial charge in [0.2, 0.25) is 6.79 Å². The van der Waals surface area contributed by atoms with Gasteiger partial charge in [0.05, 0.1) is 36.7 Å². The molecule has 5 aliphatic heterocycles. The quantitative estimate of drug-likeness (QED) is 0.241. The zero-order chi connectivity index (χ0) is 32.8. The van der Waals surface area contributed by atoms with Gasteiger partial charge >= 0.3 is 11.9 Å². The fourth-order valence-corrected chi connectivity index (χ4v) is 9.78. The number of phenols is 1. The first kappa shape index (κ1) is 31.3. The number of aliphatic hydroxyl groups is 1. The van der Waals surface area contributed by atoms with Gasteiger partial charge in [0.25, 0.3) is 10.1 Å². The number of hydrogen-bond donors (Lipinski definition) is 3. The molecule has 0 radical (unpaired) electrons. The minimum Gasteiger partial charge on any atom is -0.504 e. The molecule has 2 aromatic carbocycles. The number of aromatic hydroxyl groups is 1. The lowest BCUT2D eigenvalue weighted by Gasteiger charge is -2.59. The van der Waals surface area contributed by atoms with Crippen molar-refractivity contribution < 1.29 is 56.1 Å². The summed E-state index contributed by atoms with van der Waals surface area (Å²) in [7, 11) is -2.57. The molecule has 2 saturated heterocycles. The van der Waals surface area contributed by atoms with Gasteiger partial charge in [0.15, 0.2) is 29.1 Å². The molecule has 0 aromatic heterocycles. The Morgan fingerprint density at radius 3 is 2.57 bits per heavy atom. The highest BCUT2D eigenvalue weighted by molar-refractivity contribution is 7.99. The predicted octanol–water partition coefficient (Wildman–Crippen LogP) is 1.66. The van der Waals surface area contributed by atoms with E-state index in [-0.39, 0.29) is 30.7 Å². The Kier molecular flexibility index (Phi) is 7.60. The summed E-state index contributed by atoms with van der Waals surface area (Å²) in [5.41, 5.74) is 3.78. The number of hydrogen-bond acceptors (Lipinski definition) is 15. The Bertz CT molecular complexity index is 1760. The van der Waals surface area contributed by atoms with E-state index in [4.69, 9.17) is 27.9 Å². The van der Waals surface area contributed by atoms with E-state index in [1.165, 1.54) is 25.8 Å². The number of phenolic OH excluding ortho intramolecular Hbond substituents is 1. The molecule has 0 saturated carbocycles. The van der Waals surface area contributed by atoms with E-state index in [2.05, 4.69) is 5.32 Å². The highest BCUT2D eigenvalue weighted by atomic mass is 32.2. The fraction of sp³-hybridized carbons (Fsp3) is 0.533. The van der Waals surface area contributed by atoms with Crippen LogP contribution >= 0.6 is 11.8 Å². The smallest absolute Gasteiger partial charge is 0.337 e. The van der Waals surface area contributed by atoms with Crippen LogP contribution < -0.4 is 24.3 Å². The Hall–Kier alpha value is -3.28. The van der Waals surface area contributed by atoms with Crippen LogP contribution in [0.15, 0.2) is 6.07 Å². The Morgan fingerprint density at radius 2 is 1.87 bits per heavy atom. The van der Waals surface area contributed by atoms with Gasteiger partial charge in [-0.05, 0) is 31.4 Å². The lowest BCUT2D eigenvalue weighted by Crippen LogP contribution is -2.69. The lowest BCUT2D eigenvalue weighted by atomic mass is 9.74. The summed E-state index contributed by atoms with van der Waals surface area (Å²) in [5, 5.41) is 26.5. The van der Waals surface area contributed by atoms with E-state index in [9.17, 15) is 28.2 Å². The number of carbonyl (C=O) groups excluding carboxylic acids is 2. The van der Waals surface area contributed by atoms with E-state index < -0.39 is 63.8 Å². The van der Waals surface area contributed by atoms with Crippen LogP contribution in [-0.2, 0) is 35.0 Å². The van der Waals surface area contributed by atoms with Gasteiger partial charge in [-0.15, -0.1) is 11.8 Å². The number of piperazine rings is 1. The van der Waals surface area contributed by atoms with Crippen LogP contribution in [-0.4, -0.2) is 92.4 Å². The summed E-state index contributed by atoms with van der Waals surface area (Å²) in [4.78, 5) is 27.7. The SMILES string of the molecule is COc1c(C)cc2c(c1O)[C@@H]1N[C@H](C2)[C@H](O)N2C1[C@@H]1SC[C@H](OS(C)(=O)=O)C(=O)OC[C@H]2c2c3c(c(C)c(OC(C)=O)c21)OCO3. The summed E-state index contributed by atoms with van der Waals surface area (Å²) in [5.74, 6) is -0.338. The van der Waals surface area contributed by atoms with Crippen molar-refractivity contribution in [2.24, 2.45) is 0 Å². The monoisotopic (exact) mass is 678 g/mol. The van der Waals surface area contributed by atoms with E-state index in [0.29, 0.717) is 45.9 Å². The van der Waals surface area contributed by atoms with Crippen LogP contribution in [0.1, 0.15) is 57.6 Å². The van der Waals surface area contributed by atoms with E-state index in [0.717, 1.165) is 17.4 Å². The van der Waals surface area contributed by atoms with Gasteiger partial charge in [0.1, 0.15) is 18.6 Å². The second-order valence-corrected chi connectivity index (χ2v) is 14.9.